The van der Waals surface area contributed by atoms with Gasteiger partial charge in [0.25, 0.3) is 0 Å². The van der Waals surface area contributed by atoms with Gasteiger partial charge in [0, 0.05) is 25.6 Å². The zero-order chi connectivity index (χ0) is 24.7. The molecule has 1 fully saturated rings. The topological polar surface area (TPSA) is 88.1 Å². The van der Waals surface area contributed by atoms with Gasteiger partial charge >= 0.3 is 6.09 Å². The summed E-state index contributed by atoms with van der Waals surface area (Å²) in [7, 11) is 0. The molecule has 0 bridgehead atoms. The SMILES string of the molecule is CC(C)(C)OC(=O)N1CCC(COc2ccc(C3=CCC(C(=O)NCCO)CC3)cc2F)CC1. The fourth-order valence-corrected chi connectivity index (χ4v) is 4.29. The Morgan fingerprint density at radius 1 is 1.21 bits per heavy atom. The van der Waals surface area contributed by atoms with Gasteiger partial charge in [-0.05, 0) is 82.1 Å². The van der Waals surface area contributed by atoms with Crippen molar-refractivity contribution < 1.29 is 28.6 Å². The van der Waals surface area contributed by atoms with Crippen LogP contribution in [0.25, 0.3) is 5.57 Å². The number of nitrogens with zero attached hydrogens (tertiary/aromatic N) is 1. The van der Waals surface area contributed by atoms with Crippen LogP contribution in [0.1, 0.15) is 58.4 Å². The lowest BCUT2D eigenvalue weighted by atomic mass is 9.86. The van der Waals surface area contributed by atoms with Gasteiger partial charge in [0.15, 0.2) is 11.6 Å². The number of ether oxygens (including phenoxy) is 2. The number of aliphatic hydroxyl groups is 1. The van der Waals surface area contributed by atoms with E-state index in [1.54, 1.807) is 11.0 Å². The van der Waals surface area contributed by atoms with E-state index < -0.39 is 11.4 Å². The Bertz CT molecular complexity index is 888. The summed E-state index contributed by atoms with van der Waals surface area (Å²) in [5.41, 5.74) is 1.33. The summed E-state index contributed by atoms with van der Waals surface area (Å²) >= 11 is 0. The molecule has 2 aliphatic rings. The number of allylic oxidation sites excluding steroid dienone is 2. The first kappa shape index (κ1) is 26.0. The monoisotopic (exact) mass is 476 g/mol. The number of halogens is 1. The average Bonchev–Trinajstić information content (AvgIpc) is 2.81. The maximum Gasteiger partial charge on any atom is 0.410 e. The quantitative estimate of drug-likeness (QED) is 0.618. The standard InChI is InChI=1S/C26H37FN2O5/c1-26(2,3)34-25(32)29-13-10-18(11-14-29)17-33-23-9-8-21(16-22(23)27)19-4-6-20(7-5-19)24(31)28-12-15-30/h4,8-9,16,18,20,30H,5-7,10-15,17H2,1-3H3,(H,28,31). The number of carbonyl (C=O) groups excluding carboxylic acids is 2. The molecule has 1 aromatic rings. The predicted octanol–water partition coefficient (Wildman–Crippen LogP) is 4.14. The Hall–Kier alpha value is -2.61. The molecule has 0 spiro atoms. The molecule has 2 amide bonds. The van der Waals surface area contributed by atoms with Gasteiger partial charge in [-0.3, -0.25) is 4.79 Å². The van der Waals surface area contributed by atoms with E-state index in [1.807, 2.05) is 32.9 Å². The minimum atomic E-state index is -0.509. The second kappa shape index (κ2) is 11.7. The van der Waals surface area contributed by atoms with Crippen molar-refractivity contribution in [3.8, 4) is 5.75 Å². The van der Waals surface area contributed by atoms with Crippen molar-refractivity contribution in [3.63, 3.8) is 0 Å². The molecule has 1 aromatic carbocycles. The molecule has 0 radical (unpaired) electrons. The third-order valence-corrected chi connectivity index (χ3v) is 6.24. The van der Waals surface area contributed by atoms with Gasteiger partial charge in [-0.1, -0.05) is 12.1 Å². The molecule has 1 saturated heterocycles. The average molecular weight is 477 g/mol. The number of carbonyl (C=O) groups is 2. The van der Waals surface area contributed by atoms with E-state index >= 15 is 0 Å². The summed E-state index contributed by atoms with van der Waals surface area (Å²) in [6.07, 6.45) is 5.30. The molecule has 3 rings (SSSR count). The molecule has 188 valence electrons. The number of aliphatic hydroxyl groups excluding tert-OH is 1. The fraction of sp³-hybridized carbons (Fsp3) is 0.615. The molecular formula is C26H37FN2O5. The van der Waals surface area contributed by atoms with Crippen LogP contribution < -0.4 is 10.1 Å². The molecule has 7 nitrogen and oxygen atoms in total. The van der Waals surface area contributed by atoms with Crippen LogP contribution in [0.3, 0.4) is 0 Å². The van der Waals surface area contributed by atoms with Gasteiger partial charge in [-0.25, -0.2) is 9.18 Å². The maximum absolute atomic E-state index is 14.7. The van der Waals surface area contributed by atoms with Crippen molar-refractivity contribution >= 4 is 17.6 Å². The Labute approximate surface area is 201 Å². The number of rotatable bonds is 7. The number of benzene rings is 1. The van der Waals surface area contributed by atoms with Crippen LogP contribution in [-0.2, 0) is 9.53 Å². The summed E-state index contributed by atoms with van der Waals surface area (Å²) in [5, 5.41) is 11.5. The second-order valence-corrected chi connectivity index (χ2v) is 10.1. The van der Waals surface area contributed by atoms with Gasteiger partial charge in [0.1, 0.15) is 5.60 Å². The summed E-state index contributed by atoms with van der Waals surface area (Å²) in [4.78, 5) is 26.0. The fourth-order valence-electron chi connectivity index (χ4n) is 4.29. The molecule has 1 atom stereocenters. The van der Waals surface area contributed by atoms with Crippen molar-refractivity contribution in [2.75, 3.05) is 32.8 Å². The maximum atomic E-state index is 14.7. The lowest BCUT2D eigenvalue weighted by Gasteiger charge is -2.33. The third kappa shape index (κ3) is 7.45. The Morgan fingerprint density at radius 3 is 2.53 bits per heavy atom. The van der Waals surface area contributed by atoms with E-state index in [0.29, 0.717) is 39.0 Å². The smallest absolute Gasteiger partial charge is 0.410 e. The number of hydrogen-bond acceptors (Lipinski definition) is 5. The van der Waals surface area contributed by atoms with Crippen molar-refractivity contribution in [2.45, 2.75) is 58.5 Å². The number of hydrogen-bond donors (Lipinski definition) is 2. The molecule has 0 aromatic heterocycles. The molecular weight excluding hydrogens is 439 g/mol. The zero-order valence-electron chi connectivity index (χ0n) is 20.4. The zero-order valence-corrected chi connectivity index (χ0v) is 20.4. The highest BCUT2D eigenvalue weighted by molar-refractivity contribution is 5.80. The number of likely N-dealkylation sites (tertiary alicyclic amines) is 1. The lowest BCUT2D eigenvalue weighted by Crippen LogP contribution is -2.42. The molecule has 1 unspecified atom stereocenters. The molecule has 1 heterocycles. The normalized spacial score (nSPS) is 19.4. The van der Waals surface area contributed by atoms with Crippen LogP contribution in [0.5, 0.6) is 5.75 Å². The number of piperidine rings is 1. The van der Waals surface area contributed by atoms with Crippen LogP contribution >= 0.6 is 0 Å². The highest BCUT2D eigenvalue weighted by Crippen LogP contribution is 2.32. The summed E-state index contributed by atoms with van der Waals surface area (Å²) in [6.45, 7) is 7.38. The summed E-state index contributed by atoms with van der Waals surface area (Å²) in [6, 6.07) is 5.03. The molecule has 1 aliphatic carbocycles. The molecule has 2 N–H and O–H groups in total. The van der Waals surface area contributed by atoms with Gasteiger partial charge in [0.2, 0.25) is 5.91 Å². The van der Waals surface area contributed by atoms with Crippen molar-refractivity contribution in [3.05, 3.63) is 35.7 Å². The third-order valence-electron chi connectivity index (χ3n) is 6.24. The van der Waals surface area contributed by atoms with Gasteiger partial charge in [-0.15, -0.1) is 0 Å². The van der Waals surface area contributed by atoms with Gasteiger partial charge in [-0.2, -0.15) is 0 Å². The Balaban J connectivity index is 1.47. The largest absolute Gasteiger partial charge is 0.490 e. The van der Waals surface area contributed by atoms with E-state index in [4.69, 9.17) is 14.6 Å². The highest BCUT2D eigenvalue weighted by Gasteiger charge is 2.27. The van der Waals surface area contributed by atoms with E-state index in [1.165, 1.54) is 6.07 Å². The first-order valence-electron chi connectivity index (χ1n) is 12.1. The van der Waals surface area contributed by atoms with E-state index in [2.05, 4.69) is 5.32 Å². The van der Waals surface area contributed by atoms with Crippen molar-refractivity contribution in [2.24, 2.45) is 11.8 Å². The van der Waals surface area contributed by atoms with Crippen LogP contribution in [0, 0.1) is 17.7 Å². The van der Waals surface area contributed by atoms with Gasteiger partial charge < -0.3 is 24.8 Å². The highest BCUT2D eigenvalue weighted by atomic mass is 19.1. The summed E-state index contributed by atoms with van der Waals surface area (Å²) < 4.78 is 25.9. The minimum Gasteiger partial charge on any atom is -0.490 e. The Kier molecular flexibility index (Phi) is 8.94. The van der Waals surface area contributed by atoms with E-state index in [9.17, 15) is 14.0 Å². The number of amides is 2. The molecule has 1 aliphatic heterocycles. The van der Waals surface area contributed by atoms with Crippen LogP contribution in [0.2, 0.25) is 0 Å². The van der Waals surface area contributed by atoms with Crippen LogP contribution in [0.4, 0.5) is 9.18 Å². The molecule has 34 heavy (non-hydrogen) atoms. The first-order valence-corrected chi connectivity index (χ1v) is 12.1. The Morgan fingerprint density at radius 2 is 1.94 bits per heavy atom. The van der Waals surface area contributed by atoms with Crippen molar-refractivity contribution in [1.82, 2.24) is 10.2 Å². The van der Waals surface area contributed by atoms with Crippen LogP contribution in [-0.4, -0.2) is 60.5 Å². The summed E-state index contributed by atoms with van der Waals surface area (Å²) in [5.74, 6) is -0.0585. The van der Waals surface area contributed by atoms with Crippen molar-refractivity contribution in [1.29, 1.82) is 0 Å². The first-order chi connectivity index (χ1) is 16.2. The van der Waals surface area contributed by atoms with Gasteiger partial charge in [0.05, 0.1) is 13.2 Å². The lowest BCUT2D eigenvalue weighted by molar-refractivity contribution is -0.125. The predicted molar refractivity (Wildman–Crippen MR) is 128 cm³/mol. The van der Waals surface area contributed by atoms with E-state index in [0.717, 1.165) is 24.0 Å². The minimum absolute atomic E-state index is 0.0452. The molecule has 0 saturated carbocycles. The second-order valence-electron chi connectivity index (χ2n) is 10.1. The number of nitrogens with one attached hydrogen (secondary N) is 1. The van der Waals surface area contributed by atoms with Crippen LogP contribution in [0.15, 0.2) is 24.3 Å². The van der Waals surface area contributed by atoms with E-state index in [-0.39, 0.29) is 42.7 Å². The molecule has 8 heteroatoms.